The van der Waals surface area contributed by atoms with Gasteiger partial charge in [0.25, 0.3) is 5.56 Å². The van der Waals surface area contributed by atoms with Crippen molar-refractivity contribution >= 4 is 60.4 Å². The molecule has 0 N–H and O–H groups in total. The molecule has 1 aliphatic heterocycles. The van der Waals surface area contributed by atoms with Crippen molar-refractivity contribution in [2.45, 2.75) is 12.8 Å². The van der Waals surface area contributed by atoms with Gasteiger partial charge >= 0.3 is 0 Å². The van der Waals surface area contributed by atoms with Gasteiger partial charge in [-0.05, 0) is 87.8 Å². The van der Waals surface area contributed by atoms with Crippen LogP contribution >= 0.6 is 0 Å². The summed E-state index contributed by atoms with van der Waals surface area (Å²) in [6.45, 7) is 4.55. The molecule has 7 aromatic carbocycles. The predicted molar refractivity (Wildman–Crippen MR) is 255 cm³/mol. The van der Waals surface area contributed by atoms with Crippen LogP contribution in [0.4, 0.5) is 0 Å². The third-order valence-electron chi connectivity index (χ3n) is 12.0. The molecular weight excluding hydrogens is 743 g/mol. The average Bonchev–Trinajstić information content (AvgIpc) is 3.86. The SMILES string of the molecule is C=C1/C=C(c2ccccc2)\N=C(\c2ccccc2)CC=C=C1Cc1cc(=O)n2c3cccc(-c4ccc5c(c4)c4ccccc4n5-c4ccccc4)c3cc2c2ccccc12. The molecule has 4 heteroatoms. The highest BCUT2D eigenvalue weighted by Crippen LogP contribution is 2.38. The second-order valence-electron chi connectivity index (χ2n) is 15.6. The maximum Gasteiger partial charge on any atom is 0.255 e. The normalized spacial score (nSPS) is 15.0. The Morgan fingerprint density at radius 3 is 1.95 bits per heavy atom. The highest BCUT2D eigenvalue weighted by Gasteiger charge is 2.18. The fourth-order valence-corrected chi connectivity index (χ4v) is 9.10. The molecule has 0 radical (unpaired) electrons. The molecule has 3 aromatic heterocycles. The van der Waals surface area contributed by atoms with Gasteiger partial charge < -0.3 is 4.57 Å². The number of aromatic nitrogens is 2. The first-order valence-corrected chi connectivity index (χ1v) is 20.7. The number of hydrogen-bond donors (Lipinski definition) is 0. The summed E-state index contributed by atoms with van der Waals surface area (Å²) < 4.78 is 4.22. The quantitative estimate of drug-likeness (QED) is 0.155. The smallest absolute Gasteiger partial charge is 0.255 e. The van der Waals surface area contributed by atoms with E-state index in [1.165, 1.54) is 16.3 Å². The molecule has 0 fully saturated rings. The molecule has 0 aliphatic carbocycles. The van der Waals surface area contributed by atoms with Gasteiger partial charge in [0.2, 0.25) is 0 Å². The first-order chi connectivity index (χ1) is 30.1. The molecule has 4 nitrogen and oxygen atoms in total. The topological polar surface area (TPSA) is 38.8 Å². The first-order valence-electron chi connectivity index (χ1n) is 20.7. The molecule has 0 atom stereocenters. The minimum Gasteiger partial charge on any atom is -0.309 e. The van der Waals surface area contributed by atoms with Crippen molar-refractivity contribution in [1.82, 2.24) is 8.97 Å². The molecule has 0 saturated carbocycles. The molecule has 11 rings (SSSR count). The predicted octanol–water partition coefficient (Wildman–Crippen LogP) is 13.5. The van der Waals surface area contributed by atoms with E-state index in [0.29, 0.717) is 12.8 Å². The van der Waals surface area contributed by atoms with Crippen molar-refractivity contribution in [1.29, 1.82) is 0 Å². The van der Waals surface area contributed by atoms with E-state index in [1.54, 1.807) is 0 Å². The maximum absolute atomic E-state index is 14.7. The molecule has 4 heterocycles. The highest BCUT2D eigenvalue weighted by atomic mass is 16.1. The summed E-state index contributed by atoms with van der Waals surface area (Å²) in [5, 5.41) is 5.45. The van der Waals surface area contributed by atoms with E-state index in [1.807, 2.05) is 46.9 Å². The number of benzene rings is 7. The van der Waals surface area contributed by atoms with Crippen molar-refractivity contribution in [3.63, 3.8) is 0 Å². The van der Waals surface area contributed by atoms with E-state index < -0.39 is 0 Å². The second-order valence-corrected chi connectivity index (χ2v) is 15.6. The Kier molecular flexibility index (Phi) is 8.85. The zero-order valence-electron chi connectivity index (χ0n) is 33.4. The molecule has 10 aromatic rings. The van der Waals surface area contributed by atoms with Crippen LogP contribution in [0.2, 0.25) is 0 Å². The molecule has 0 unspecified atom stereocenters. The Labute approximate surface area is 353 Å². The molecule has 288 valence electrons. The van der Waals surface area contributed by atoms with E-state index >= 15 is 0 Å². The van der Waals surface area contributed by atoms with Crippen molar-refractivity contribution in [2.75, 3.05) is 0 Å². The second kappa shape index (κ2) is 15.0. The lowest BCUT2D eigenvalue weighted by Crippen LogP contribution is -2.08. The first kappa shape index (κ1) is 36.1. The van der Waals surface area contributed by atoms with Crippen LogP contribution in [0.15, 0.2) is 233 Å². The highest BCUT2D eigenvalue weighted by molar-refractivity contribution is 6.12. The molecule has 0 saturated heterocycles. The number of nitrogens with zero attached hydrogens (tertiary/aromatic N) is 3. The minimum atomic E-state index is -0.0804. The van der Waals surface area contributed by atoms with Crippen molar-refractivity contribution in [3.05, 3.63) is 251 Å². The van der Waals surface area contributed by atoms with Crippen LogP contribution in [0.5, 0.6) is 0 Å². The van der Waals surface area contributed by atoms with Crippen LogP contribution in [0.25, 0.3) is 71.5 Å². The molecule has 0 amide bonds. The number of fused-ring (bicyclic) bond motifs is 8. The Morgan fingerprint density at radius 1 is 0.541 bits per heavy atom. The summed E-state index contributed by atoms with van der Waals surface area (Å²) in [4.78, 5) is 19.9. The Hall–Kier alpha value is -8.04. The van der Waals surface area contributed by atoms with Crippen LogP contribution in [0.3, 0.4) is 0 Å². The van der Waals surface area contributed by atoms with E-state index in [2.05, 4.69) is 175 Å². The molecule has 61 heavy (non-hydrogen) atoms. The lowest BCUT2D eigenvalue weighted by molar-refractivity contribution is 1.15. The maximum atomic E-state index is 14.7. The Balaban J connectivity index is 1.05. The summed E-state index contributed by atoms with van der Waals surface area (Å²) in [5.41, 5.74) is 17.4. The summed E-state index contributed by atoms with van der Waals surface area (Å²) in [7, 11) is 0. The van der Waals surface area contributed by atoms with E-state index in [4.69, 9.17) is 4.99 Å². The third kappa shape index (κ3) is 6.35. The summed E-state index contributed by atoms with van der Waals surface area (Å²) >= 11 is 0. The number of para-hydroxylation sites is 2. The monoisotopic (exact) mass is 781 g/mol. The molecular formula is C57H39N3O. The fraction of sp³-hybridized carbons (Fsp3) is 0.0351. The van der Waals surface area contributed by atoms with Gasteiger partial charge in [-0.2, -0.15) is 0 Å². The van der Waals surface area contributed by atoms with Crippen molar-refractivity contribution < 1.29 is 0 Å². The van der Waals surface area contributed by atoms with Crippen molar-refractivity contribution in [3.8, 4) is 16.8 Å². The Morgan fingerprint density at radius 2 is 1.18 bits per heavy atom. The number of hydrogen-bond acceptors (Lipinski definition) is 2. The zero-order valence-corrected chi connectivity index (χ0v) is 33.4. The van der Waals surface area contributed by atoms with Gasteiger partial charge in [-0.25, -0.2) is 0 Å². The van der Waals surface area contributed by atoms with Gasteiger partial charge in [0.15, 0.2) is 0 Å². The van der Waals surface area contributed by atoms with Gasteiger partial charge in [0.1, 0.15) is 0 Å². The zero-order chi connectivity index (χ0) is 40.9. The van der Waals surface area contributed by atoms with Gasteiger partial charge in [-0.1, -0.05) is 146 Å². The van der Waals surface area contributed by atoms with Crippen LogP contribution in [0, 0.1) is 0 Å². The molecule has 0 spiro atoms. The summed E-state index contributed by atoms with van der Waals surface area (Å²) in [6, 6.07) is 65.1. The number of allylic oxidation sites excluding steroid dienone is 3. The van der Waals surface area contributed by atoms with Crippen LogP contribution in [0.1, 0.15) is 23.1 Å². The molecule has 0 bridgehead atoms. The van der Waals surface area contributed by atoms with Gasteiger partial charge in [-0.15, -0.1) is 5.73 Å². The number of aliphatic imine (C=N–C) groups is 1. The van der Waals surface area contributed by atoms with Crippen LogP contribution in [-0.4, -0.2) is 14.7 Å². The third-order valence-corrected chi connectivity index (χ3v) is 12.0. The van der Waals surface area contributed by atoms with Gasteiger partial charge in [0, 0.05) is 57.3 Å². The van der Waals surface area contributed by atoms with E-state index in [9.17, 15) is 4.79 Å². The van der Waals surface area contributed by atoms with Crippen LogP contribution < -0.4 is 5.56 Å². The van der Waals surface area contributed by atoms with Crippen LogP contribution in [-0.2, 0) is 6.42 Å². The van der Waals surface area contributed by atoms with E-state index in [0.717, 1.165) is 88.8 Å². The fourth-order valence-electron chi connectivity index (χ4n) is 9.10. The van der Waals surface area contributed by atoms with Crippen molar-refractivity contribution in [2.24, 2.45) is 4.99 Å². The molecule has 1 aliphatic rings. The summed E-state index contributed by atoms with van der Waals surface area (Å²) in [5.74, 6) is 0. The minimum absolute atomic E-state index is 0.0804. The lowest BCUT2D eigenvalue weighted by Gasteiger charge is -2.10. The standard InChI is InChI=1S/C57H39N3O/c1-38-33-52(40-19-7-3-8-20-40)58-51(39-17-5-2-6-18-39)28-15-21-41(38)34-43-36-57(61)60-54-30-16-27-45(50(54)37-56(60)47-25-12-11-24-46(43)47)42-31-32-55-49(35-42)48-26-13-14-29-53(48)59(55)44-22-9-4-10-23-44/h2-20,22-27,29-33,35-37H,1,28,34H2/b52-33-,58-51+. The Bertz CT molecular complexity index is 3580. The van der Waals surface area contributed by atoms with Gasteiger partial charge in [-0.3, -0.25) is 14.2 Å². The summed E-state index contributed by atoms with van der Waals surface area (Å²) in [6.07, 6.45) is 5.18. The van der Waals surface area contributed by atoms with Gasteiger partial charge in [0.05, 0.1) is 33.5 Å². The number of rotatable bonds is 6. The average molecular weight is 782 g/mol. The van der Waals surface area contributed by atoms with E-state index in [-0.39, 0.29) is 5.56 Å². The largest absolute Gasteiger partial charge is 0.309 e. The lowest BCUT2D eigenvalue weighted by atomic mass is 9.95.